The van der Waals surface area contributed by atoms with Gasteiger partial charge in [-0.1, -0.05) is 43.4 Å². The first-order valence-electron chi connectivity index (χ1n) is 2.62. The molecule has 0 bridgehead atoms. The fourth-order valence-electron chi connectivity index (χ4n) is 0.408. The van der Waals surface area contributed by atoms with Gasteiger partial charge in [0.2, 0.25) is 0 Å². The number of hydrogen-bond acceptors (Lipinski definition) is 0. The van der Waals surface area contributed by atoms with Gasteiger partial charge in [0.1, 0.15) is 0 Å². The smallest absolute Gasteiger partial charge is 0.0164 e. The van der Waals surface area contributed by atoms with Gasteiger partial charge in [-0.2, -0.15) is 0 Å². The molecular formula is C6H12I. The summed E-state index contributed by atoms with van der Waals surface area (Å²) in [5.41, 5.74) is 0. The second kappa shape index (κ2) is 3.70. The quantitative estimate of drug-likeness (QED) is 0.486. The summed E-state index contributed by atoms with van der Waals surface area (Å²) in [4.78, 5) is 0. The Balaban J connectivity index is 3.14. The summed E-state index contributed by atoms with van der Waals surface area (Å²) >= 11 is 2.46. The molecule has 0 spiro atoms. The van der Waals surface area contributed by atoms with Gasteiger partial charge in [0.05, 0.1) is 0 Å². The molecule has 0 aromatic heterocycles. The Morgan fingerprint density at radius 2 is 2.00 bits per heavy atom. The van der Waals surface area contributed by atoms with Crippen LogP contribution in [0.1, 0.15) is 27.2 Å². The fraction of sp³-hybridized carbons (Fsp3) is 0.833. The van der Waals surface area contributed by atoms with Crippen molar-refractivity contribution < 1.29 is 0 Å². The molecule has 1 heteroatoms. The van der Waals surface area contributed by atoms with E-state index in [4.69, 9.17) is 0 Å². The van der Waals surface area contributed by atoms with Gasteiger partial charge in [-0.25, -0.2) is 0 Å². The molecule has 43 valence electrons. The molecule has 0 amide bonds. The number of rotatable bonds is 2. The first kappa shape index (κ1) is 7.73. The molecule has 0 rings (SSSR count). The molecule has 0 saturated heterocycles. The van der Waals surface area contributed by atoms with Gasteiger partial charge >= 0.3 is 0 Å². The topological polar surface area (TPSA) is 0 Å². The van der Waals surface area contributed by atoms with E-state index in [1.54, 1.807) is 0 Å². The number of alkyl halides is 1. The summed E-state index contributed by atoms with van der Waals surface area (Å²) in [6.45, 7) is 6.57. The van der Waals surface area contributed by atoms with Crippen molar-refractivity contribution in [2.24, 2.45) is 0 Å². The second-order valence-corrected chi connectivity index (χ2v) is 3.46. The third-order valence-corrected chi connectivity index (χ3v) is 3.11. The van der Waals surface area contributed by atoms with E-state index >= 15 is 0 Å². The van der Waals surface area contributed by atoms with Crippen LogP contribution in [0.15, 0.2) is 0 Å². The first-order chi connectivity index (χ1) is 3.18. The van der Waals surface area contributed by atoms with Crippen LogP contribution in [-0.4, -0.2) is 3.92 Å². The van der Waals surface area contributed by atoms with E-state index in [0.29, 0.717) is 0 Å². The van der Waals surface area contributed by atoms with Crippen LogP contribution in [0.5, 0.6) is 0 Å². The Morgan fingerprint density at radius 3 is 2.00 bits per heavy atom. The molecule has 7 heavy (non-hydrogen) atoms. The molecule has 1 unspecified atom stereocenters. The lowest BCUT2D eigenvalue weighted by Crippen LogP contribution is -2.01. The summed E-state index contributed by atoms with van der Waals surface area (Å²) < 4.78 is 0.789. The third kappa shape index (κ3) is 3.32. The summed E-state index contributed by atoms with van der Waals surface area (Å²) in [5.74, 6) is 1.53. The summed E-state index contributed by atoms with van der Waals surface area (Å²) in [6.07, 6.45) is 1.27. The zero-order valence-corrected chi connectivity index (χ0v) is 7.32. The molecule has 0 saturated carbocycles. The summed E-state index contributed by atoms with van der Waals surface area (Å²) in [5, 5.41) is 0. The van der Waals surface area contributed by atoms with Crippen molar-refractivity contribution >= 4 is 22.6 Å². The maximum atomic E-state index is 2.46. The Hall–Kier alpha value is 0.730. The molecule has 0 nitrogen and oxygen atoms in total. The van der Waals surface area contributed by atoms with E-state index in [9.17, 15) is 0 Å². The van der Waals surface area contributed by atoms with Crippen LogP contribution in [-0.2, 0) is 0 Å². The van der Waals surface area contributed by atoms with Crippen molar-refractivity contribution in [1.82, 2.24) is 0 Å². The molecule has 0 aliphatic heterocycles. The van der Waals surface area contributed by atoms with Gasteiger partial charge in [0.25, 0.3) is 0 Å². The van der Waals surface area contributed by atoms with Crippen molar-refractivity contribution in [3.8, 4) is 0 Å². The highest BCUT2D eigenvalue weighted by atomic mass is 127. The van der Waals surface area contributed by atoms with Gasteiger partial charge in [0.15, 0.2) is 0 Å². The normalized spacial score (nSPS) is 15.0. The van der Waals surface area contributed by atoms with Crippen LogP contribution >= 0.6 is 22.6 Å². The predicted octanol–water partition coefficient (Wildman–Crippen LogP) is 2.81. The Morgan fingerprint density at radius 1 is 1.57 bits per heavy atom. The van der Waals surface area contributed by atoms with Gasteiger partial charge < -0.3 is 0 Å². The molecule has 0 aliphatic rings. The van der Waals surface area contributed by atoms with Gasteiger partial charge in [0, 0.05) is 3.92 Å². The van der Waals surface area contributed by atoms with Gasteiger partial charge in [-0.05, 0) is 12.3 Å². The van der Waals surface area contributed by atoms with E-state index in [-0.39, 0.29) is 0 Å². The number of halogens is 1. The van der Waals surface area contributed by atoms with E-state index < -0.39 is 0 Å². The highest BCUT2D eigenvalue weighted by Gasteiger charge is 2.03. The molecule has 0 N–H and O–H groups in total. The van der Waals surface area contributed by atoms with Crippen LogP contribution in [0.2, 0.25) is 0 Å². The fourth-order valence-corrected chi connectivity index (χ4v) is 0.408. The first-order valence-corrected chi connectivity index (χ1v) is 3.87. The van der Waals surface area contributed by atoms with Gasteiger partial charge in [-0.15, -0.1) is 0 Å². The van der Waals surface area contributed by atoms with Crippen molar-refractivity contribution in [2.75, 3.05) is 0 Å². The lowest BCUT2D eigenvalue weighted by atomic mass is 10.1. The minimum Gasteiger partial charge on any atom is -0.0820 e. The van der Waals surface area contributed by atoms with Crippen LogP contribution in [0.3, 0.4) is 0 Å². The second-order valence-electron chi connectivity index (χ2n) is 1.95. The minimum absolute atomic E-state index is 0.789. The molecular weight excluding hydrogens is 199 g/mol. The van der Waals surface area contributed by atoms with Crippen molar-refractivity contribution in [1.29, 1.82) is 0 Å². The molecule has 0 aromatic rings. The van der Waals surface area contributed by atoms with Crippen LogP contribution in [0.4, 0.5) is 0 Å². The molecule has 0 fully saturated rings. The zero-order chi connectivity index (χ0) is 5.86. The molecule has 0 aliphatic carbocycles. The maximum absolute atomic E-state index is 2.46. The standard InChI is InChI=1S/C6H12I/c1-4-6(7)5(2)3/h6H,4H2,1-3H3. The highest BCUT2D eigenvalue weighted by molar-refractivity contribution is 14.1. The average Bonchev–Trinajstić information content (AvgIpc) is 1.65. The molecule has 0 aromatic carbocycles. The van der Waals surface area contributed by atoms with E-state index in [2.05, 4.69) is 43.4 Å². The minimum atomic E-state index is 0.789. The third-order valence-electron chi connectivity index (χ3n) is 0.985. The van der Waals surface area contributed by atoms with Gasteiger partial charge in [-0.3, -0.25) is 0 Å². The summed E-state index contributed by atoms with van der Waals surface area (Å²) in [7, 11) is 0. The van der Waals surface area contributed by atoms with Crippen molar-refractivity contribution in [3.05, 3.63) is 5.92 Å². The lowest BCUT2D eigenvalue weighted by molar-refractivity contribution is 0.853. The molecule has 1 radical (unpaired) electrons. The number of hydrogen-bond donors (Lipinski definition) is 0. The molecule has 1 atom stereocenters. The Kier molecular flexibility index (Phi) is 4.08. The molecule has 0 heterocycles. The van der Waals surface area contributed by atoms with Crippen LogP contribution in [0.25, 0.3) is 0 Å². The lowest BCUT2D eigenvalue weighted by Gasteiger charge is -2.07. The average molecular weight is 211 g/mol. The van der Waals surface area contributed by atoms with E-state index in [1.807, 2.05) is 0 Å². The van der Waals surface area contributed by atoms with E-state index in [0.717, 1.165) is 3.92 Å². The zero-order valence-electron chi connectivity index (χ0n) is 5.16. The van der Waals surface area contributed by atoms with Crippen molar-refractivity contribution in [2.45, 2.75) is 31.1 Å². The highest BCUT2D eigenvalue weighted by Crippen LogP contribution is 2.16. The summed E-state index contributed by atoms with van der Waals surface area (Å²) in [6, 6.07) is 0. The Bertz CT molecular complexity index is 41.4. The van der Waals surface area contributed by atoms with E-state index in [1.165, 1.54) is 12.3 Å². The SMILES string of the molecule is CCC(I)[C](C)C. The van der Waals surface area contributed by atoms with Crippen LogP contribution < -0.4 is 0 Å². The largest absolute Gasteiger partial charge is 0.0820 e. The van der Waals surface area contributed by atoms with Crippen molar-refractivity contribution in [3.63, 3.8) is 0 Å². The maximum Gasteiger partial charge on any atom is 0.0164 e. The van der Waals surface area contributed by atoms with Crippen LogP contribution in [0, 0.1) is 5.92 Å². The Labute approximate surface area is 59.8 Å². The predicted molar refractivity (Wildman–Crippen MR) is 42.7 cm³/mol. The monoisotopic (exact) mass is 211 g/mol.